The molecular formula is C8H4ClN3O3. The first-order valence-electron chi connectivity index (χ1n) is 3.91. The van der Waals surface area contributed by atoms with E-state index >= 15 is 0 Å². The molecule has 15 heavy (non-hydrogen) atoms. The van der Waals surface area contributed by atoms with E-state index < -0.39 is 16.0 Å². The maximum Gasteiger partial charge on any atom is 0.334 e. The maximum atomic E-state index is 11.5. The number of H-pyrrole nitrogens is 1. The number of aromatic nitrogens is 2. The standard InChI is InChI=1S/C8H4ClN3O3/c9-4-1-5-7(11-2-4)8(13)6(3-10-5)12(14)15/h1-3H,(H,10,13). The van der Waals surface area contributed by atoms with E-state index in [9.17, 15) is 14.9 Å². The van der Waals surface area contributed by atoms with Crippen LogP contribution in [-0.2, 0) is 0 Å². The number of halogens is 1. The van der Waals surface area contributed by atoms with Crippen LogP contribution in [0.5, 0.6) is 0 Å². The Morgan fingerprint density at radius 1 is 1.53 bits per heavy atom. The molecule has 0 radical (unpaired) electrons. The van der Waals surface area contributed by atoms with Crippen molar-refractivity contribution in [2.45, 2.75) is 0 Å². The summed E-state index contributed by atoms with van der Waals surface area (Å²) in [6.07, 6.45) is 2.30. The molecule has 2 aromatic heterocycles. The molecular weight excluding hydrogens is 222 g/mol. The number of nitrogens with zero attached hydrogens (tertiary/aromatic N) is 2. The molecule has 0 atom stereocenters. The third kappa shape index (κ3) is 1.55. The Labute approximate surface area is 87.7 Å². The second-order valence-electron chi connectivity index (χ2n) is 2.81. The zero-order chi connectivity index (χ0) is 11.0. The second-order valence-corrected chi connectivity index (χ2v) is 3.25. The molecule has 1 N–H and O–H groups in total. The van der Waals surface area contributed by atoms with Gasteiger partial charge in [-0.2, -0.15) is 0 Å². The van der Waals surface area contributed by atoms with Crippen molar-refractivity contribution >= 4 is 28.3 Å². The highest BCUT2D eigenvalue weighted by Crippen LogP contribution is 2.14. The van der Waals surface area contributed by atoms with Crippen molar-refractivity contribution in [1.82, 2.24) is 9.97 Å². The molecule has 0 aliphatic rings. The van der Waals surface area contributed by atoms with Gasteiger partial charge >= 0.3 is 5.69 Å². The number of fused-ring (bicyclic) bond motifs is 1. The first kappa shape index (κ1) is 9.60. The van der Waals surface area contributed by atoms with Crippen molar-refractivity contribution in [2.24, 2.45) is 0 Å². The van der Waals surface area contributed by atoms with E-state index in [1.807, 2.05) is 0 Å². The fraction of sp³-hybridized carbons (Fsp3) is 0. The summed E-state index contributed by atoms with van der Waals surface area (Å²) in [5.74, 6) is 0. The minimum atomic E-state index is -0.755. The Morgan fingerprint density at radius 2 is 2.27 bits per heavy atom. The van der Waals surface area contributed by atoms with Crippen LogP contribution in [0.15, 0.2) is 23.3 Å². The second kappa shape index (κ2) is 3.32. The van der Waals surface area contributed by atoms with Gasteiger partial charge in [-0.1, -0.05) is 11.6 Å². The highest BCUT2D eigenvalue weighted by Gasteiger charge is 2.15. The van der Waals surface area contributed by atoms with E-state index in [2.05, 4.69) is 9.97 Å². The van der Waals surface area contributed by atoms with Gasteiger partial charge in [-0.25, -0.2) is 4.98 Å². The van der Waals surface area contributed by atoms with Crippen LogP contribution in [0.25, 0.3) is 11.0 Å². The van der Waals surface area contributed by atoms with Crippen LogP contribution in [0.3, 0.4) is 0 Å². The monoisotopic (exact) mass is 225 g/mol. The van der Waals surface area contributed by atoms with Crippen LogP contribution in [0.4, 0.5) is 5.69 Å². The summed E-state index contributed by atoms with van der Waals surface area (Å²) >= 11 is 5.65. The van der Waals surface area contributed by atoms with Gasteiger partial charge in [0.15, 0.2) is 0 Å². The molecule has 0 aliphatic carbocycles. The molecule has 0 unspecified atom stereocenters. The maximum absolute atomic E-state index is 11.5. The average Bonchev–Trinajstić information content (AvgIpc) is 2.17. The summed E-state index contributed by atoms with van der Waals surface area (Å²) < 4.78 is 0. The highest BCUT2D eigenvalue weighted by molar-refractivity contribution is 6.31. The first-order valence-corrected chi connectivity index (χ1v) is 4.29. The first-order chi connectivity index (χ1) is 7.09. The Balaban J connectivity index is 2.86. The Morgan fingerprint density at radius 3 is 2.93 bits per heavy atom. The quantitative estimate of drug-likeness (QED) is 0.588. The fourth-order valence-electron chi connectivity index (χ4n) is 1.20. The van der Waals surface area contributed by atoms with Gasteiger partial charge in [-0.15, -0.1) is 0 Å². The smallest absolute Gasteiger partial charge is 0.334 e. The lowest BCUT2D eigenvalue weighted by molar-refractivity contribution is -0.386. The molecule has 0 spiro atoms. The lowest BCUT2D eigenvalue weighted by atomic mass is 10.3. The minimum Gasteiger partial charge on any atom is -0.354 e. The van der Waals surface area contributed by atoms with Crippen molar-refractivity contribution < 1.29 is 4.92 Å². The van der Waals surface area contributed by atoms with Crippen LogP contribution in [0.2, 0.25) is 5.02 Å². The van der Waals surface area contributed by atoms with Gasteiger partial charge in [0, 0.05) is 6.20 Å². The van der Waals surface area contributed by atoms with Crippen LogP contribution in [0, 0.1) is 10.1 Å². The van der Waals surface area contributed by atoms with Gasteiger partial charge in [0.25, 0.3) is 5.43 Å². The molecule has 2 heterocycles. The minimum absolute atomic E-state index is 0.00796. The van der Waals surface area contributed by atoms with Gasteiger partial charge in [0.2, 0.25) is 0 Å². The van der Waals surface area contributed by atoms with Crippen molar-refractivity contribution in [1.29, 1.82) is 0 Å². The number of nitrogens with one attached hydrogen (secondary N) is 1. The molecule has 7 heteroatoms. The van der Waals surface area contributed by atoms with Crippen LogP contribution in [0.1, 0.15) is 0 Å². The molecule has 0 saturated carbocycles. The zero-order valence-electron chi connectivity index (χ0n) is 7.23. The summed E-state index contributed by atoms with van der Waals surface area (Å²) in [6, 6.07) is 1.48. The fourth-order valence-corrected chi connectivity index (χ4v) is 1.36. The van der Waals surface area contributed by atoms with Crippen LogP contribution in [-0.4, -0.2) is 14.9 Å². The average molecular weight is 226 g/mol. The van der Waals surface area contributed by atoms with Gasteiger partial charge in [-0.3, -0.25) is 14.9 Å². The Kier molecular flexibility index (Phi) is 2.12. The predicted molar refractivity (Wildman–Crippen MR) is 54.0 cm³/mol. The topological polar surface area (TPSA) is 88.9 Å². The summed E-state index contributed by atoms with van der Waals surface area (Å²) in [7, 11) is 0. The van der Waals surface area contributed by atoms with E-state index in [0.29, 0.717) is 10.5 Å². The SMILES string of the molecule is O=c1c([N+](=O)[O-])c[nH]c2cc(Cl)cnc12. The molecule has 0 aliphatic heterocycles. The van der Waals surface area contributed by atoms with Gasteiger partial charge in [-0.05, 0) is 6.07 Å². The predicted octanol–water partition coefficient (Wildman–Crippen LogP) is 1.48. The number of pyridine rings is 2. The van der Waals surface area contributed by atoms with E-state index in [-0.39, 0.29) is 5.52 Å². The molecule has 0 aromatic carbocycles. The summed E-state index contributed by atoms with van der Waals surface area (Å²) in [5.41, 5.74) is -0.866. The third-order valence-electron chi connectivity index (χ3n) is 1.86. The molecule has 0 amide bonds. The summed E-state index contributed by atoms with van der Waals surface area (Å²) in [5, 5.41) is 10.8. The van der Waals surface area contributed by atoms with Crippen molar-refractivity contribution in [2.75, 3.05) is 0 Å². The summed E-state index contributed by atoms with van der Waals surface area (Å²) in [6.45, 7) is 0. The van der Waals surface area contributed by atoms with E-state index in [0.717, 1.165) is 6.20 Å². The van der Waals surface area contributed by atoms with Crippen LogP contribution >= 0.6 is 11.6 Å². The van der Waals surface area contributed by atoms with Crippen molar-refractivity contribution in [3.63, 3.8) is 0 Å². The largest absolute Gasteiger partial charge is 0.354 e. The zero-order valence-corrected chi connectivity index (χ0v) is 7.99. The van der Waals surface area contributed by atoms with Crippen LogP contribution < -0.4 is 5.43 Å². The van der Waals surface area contributed by atoms with Gasteiger partial charge in [0.05, 0.1) is 21.7 Å². The van der Waals surface area contributed by atoms with Crippen molar-refractivity contribution in [3.05, 3.63) is 43.8 Å². The van der Waals surface area contributed by atoms with Gasteiger partial charge < -0.3 is 4.98 Å². The van der Waals surface area contributed by atoms with Crippen molar-refractivity contribution in [3.8, 4) is 0 Å². The Bertz CT molecular complexity index is 608. The van der Waals surface area contributed by atoms with E-state index in [1.54, 1.807) is 0 Å². The third-order valence-corrected chi connectivity index (χ3v) is 2.07. The van der Waals surface area contributed by atoms with E-state index in [4.69, 9.17) is 11.6 Å². The molecule has 76 valence electrons. The molecule has 2 rings (SSSR count). The molecule has 2 aromatic rings. The highest BCUT2D eigenvalue weighted by atomic mass is 35.5. The van der Waals surface area contributed by atoms with Gasteiger partial charge in [0.1, 0.15) is 5.52 Å². The molecule has 0 saturated heterocycles. The lowest BCUT2D eigenvalue weighted by Gasteiger charge is -1.96. The number of nitro groups is 1. The number of aromatic amines is 1. The molecule has 6 nitrogen and oxygen atoms in total. The molecule has 0 fully saturated rings. The summed E-state index contributed by atoms with van der Waals surface area (Å²) in [4.78, 5) is 27.6. The molecule has 0 bridgehead atoms. The number of hydrogen-bond acceptors (Lipinski definition) is 4. The normalized spacial score (nSPS) is 10.5. The van der Waals surface area contributed by atoms with E-state index in [1.165, 1.54) is 12.3 Å². The number of rotatable bonds is 1. The lowest BCUT2D eigenvalue weighted by Crippen LogP contribution is -2.10. The Hall–Kier alpha value is -1.95. The number of hydrogen-bond donors (Lipinski definition) is 1.